The molecule has 3 rings (SSSR count). The maximum absolute atomic E-state index is 6.38. The first-order valence-electron chi connectivity index (χ1n) is 7.19. The molecule has 1 saturated heterocycles. The Morgan fingerprint density at radius 2 is 2.25 bits per heavy atom. The van der Waals surface area contributed by atoms with Crippen molar-refractivity contribution in [2.24, 2.45) is 11.8 Å². The summed E-state index contributed by atoms with van der Waals surface area (Å²) in [7, 11) is 0. The topological polar surface area (TPSA) is 47.3 Å². The number of rotatable bonds is 3. The van der Waals surface area contributed by atoms with Crippen LogP contribution in [0, 0.1) is 5.92 Å². The second-order valence-electron chi connectivity index (χ2n) is 5.95. The lowest BCUT2D eigenvalue weighted by atomic mass is 9.70. The first kappa shape index (κ1) is 14.8. The average Bonchev–Trinajstić information content (AvgIpc) is 2.40. The number of halogens is 2. The van der Waals surface area contributed by atoms with E-state index in [0.29, 0.717) is 5.92 Å². The molecule has 1 saturated carbocycles. The van der Waals surface area contributed by atoms with Gasteiger partial charge in [0, 0.05) is 16.1 Å². The number of hydrogen-bond donors (Lipinski definition) is 2. The molecule has 20 heavy (non-hydrogen) atoms. The predicted molar refractivity (Wildman–Crippen MR) is 84.5 cm³/mol. The third kappa shape index (κ3) is 2.77. The highest BCUT2D eigenvalue weighted by Crippen LogP contribution is 2.47. The van der Waals surface area contributed by atoms with Gasteiger partial charge in [0.05, 0.1) is 11.6 Å². The zero-order valence-electron chi connectivity index (χ0n) is 11.4. The van der Waals surface area contributed by atoms with Crippen LogP contribution in [-0.4, -0.2) is 12.2 Å². The number of hydrazine groups is 1. The van der Waals surface area contributed by atoms with Gasteiger partial charge in [0.1, 0.15) is 0 Å². The third-order valence-corrected chi connectivity index (χ3v) is 5.56. The molecule has 3 nitrogen and oxygen atoms in total. The fourth-order valence-electron chi connectivity index (χ4n) is 3.50. The molecular formula is C15H20BrClN2O. The predicted octanol–water partition coefficient (Wildman–Crippen LogP) is 3.96. The number of nitrogens with one attached hydrogen (secondary N) is 1. The summed E-state index contributed by atoms with van der Waals surface area (Å²) < 4.78 is 6.99. The molecule has 2 atom stereocenters. The minimum absolute atomic E-state index is 0.0944. The summed E-state index contributed by atoms with van der Waals surface area (Å²) in [5.41, 5.74) is 4.19. The van der Waals surface area contributed by atoms with E-state index in [4.69, 9.17) is 22.2 Å². The molecule has 1 aromatic rings. The van der Waals surface area contributed by atoms with Gasteiger partial charge < -0.3 is 4.74 Å². The van der Waals surface area contributed by atoms with E-state index in [1.54, 1.807) is 0 Å². The van der Waals surface area contributed by atoms with Crippen LogP contribution in [-0.2, 0) is 4.74 Å². The van der Waals surface area contributed by atoms with Gasteiger partial charge in [0.25, 0.3) is 0 Å². The highest BCUT2D eigenvalue weighted by molar-refractivity contribution is 9.10. The van der Waals surface area contributed by atoms with Gasteiger partial charge in [-0.05, 0) is 55.7 Å². The van der Waals surface area contributed by atoms with E-state index in [0.717, 1.165) is 34.5 Å². The normalized spacial score (nSPS) is 26.2. The molecule has 2 unspecified atom stereocenters. The van der Waals surface area contributed by atoms with Crippen molar-refractivity contribution in [3.05, 3.63) is 33.3 Å². The molecule has 1 aromatic carbocycles. The fourth-order valence-corrected chi connectivity index (χ4v) is 4.29. The molecule has 5 heteroatoms. The molecule has 1 aliphatic heterocycles. The monoisotopic (exact) mass is 358 g/mol. The highest BCUT2D eigenvalue weighted by Gasteiger charge is 2.44. The summed E-state index contributed by atoms with van der Waals surface area (Å²) >= 11 is 9.83. The van der Waals surface area contributed by atoms with Crippen LogP contribution in [0.3, 0.4) is 0 Å². The van der Waals surface area contributed by atoms with Crippen molar-refractivity contribution in [3.63, 3.8) is 0 Å². The van der Waals surface area contributed by atoms with Gasteiger partial charge in [-0.1, -0.05) is 33.6 Å². The van der Waals surface area contributed by atoms with Crippen molar-refractivity contribution in [3.8, 4) is 0 Å². The molecule has 1 heterocycles. The van der Waals surface area contributed by atoms with Gasteiger partial charge in [-0.15, -0.1) is 0 Å². The van der Waals surface area contributed by atoms with Crippen molar-refractivity contribution in [1.29, 1.82) is 0 Å². The SMILES string of the molecule is NNC(c1ccc(Br)cc1Cl)C1CCOC2(CCC2)C1. The molecule has 2 fully saturated rings. The number of nitrogens with two attached hydrogens (primary N) is 1. The summed E-state index contributed by atoms with van der Waals surface area (Å²) in [5, 5.41) is 0.761. The molecule has 0 aromatic heterocycles. The number of benzene rings is 1. The van der Waals surface area contributed by atoms with Gasteiger partial charge >= 0.3 is 0 Å². The molecule has 0 bridgehead atoms. The summed E-state index contributed by atoms with van der Waals surface area (Å²) in [6.45, 7) is 0.830. The van der Waals surface area contributed by atoms with Gasteiger partial charge in [-0.25, -0.2) is 0 Å². The molecule has 3 N–H and O–H groups in total. The van der Waals surface area contributed by atoms with E-state index < -0.39 is 0 Å². The van der Waals surface area contributed by atoms with Gasteiger partial charge in [0.15, 0.2) is 0 Å². The van der Waals surface area contributed by atoms with Crippen LogP contribution in [0.1, 0.15) is 43.7 Å². The zero-order chi connectivity index (χ0) is 14.2. The van der Waals surface area contributed by atoms with Crippen molar-refractivity contribution in [2.75, 3.05) is 6.61 Å². The maximum atomic E-state index is 6.38. The Kier molecular flexibility index (Phi) is 4.39. The molecule has 2 aliphatic rings. The molecule has 1 spiro atoms. The Morgan fingerprint density at radius 3 is 2.85 bits per heavy atom. The van der Waals surface area contributed by atoms with Crippen molar-refractivity contribution >= 4 is 27.5 Å². The maximum Gasteiger partial charge on any atom is 0.0686 e. The van der Waals surface area contributed by atoms with Crippen LogP contribution in [0.4, 0.5) is 0 Å². The summed E-state index contributed by atoms with van der Waals surface area (Å²) in [4.78, 5) is 0. The third-order valence-electron chi connectivity index (χ3n) is 4.74. The van der Waals surface area contributed by atoms with Gasteiger partial charge in [0.2, 0.25) is 0 Å². The minimum Gasteiger partial charge on any atom is -0.375 e. The Hall–Kier alpha value is -0.130. The largest absolute Gasteiger partial charge is 0.375 e. The van der Waals surface area contributed by atoms with Crippen molar-refractivity contribution in [1.82, 2.24) is 5.43 Å². The molecule has 0 amide bonds. The van der Waals surface area contributed by atoms with Crippen LogP contribution in [0.15, 0.2) is 22.7 Å². The van der Waals surface area contributed by atoms with Crippen LogP contribution < -0.4 is 11.3 Å². The highest BCUT2D eigenvalue weighted by atomic mass is 79.9. The zero-order valence-corrected chi connectivity index (χ0v) is 13.7. The number of hydrogen-bond acceptors (Lipinski definition) is 3. The molecule has 110 valence electrons. The summed E-state index contributed by atoms with van der Waals surface area (Å²) in [5.74, 6) is 6.31. The van der Waals surface area contributed by atoms with Gasteiger partial charge in [-0.2, -0.15) is 0 Å². The van der Waals surface area contributed by atoms with Crippen LogP contribution in [0.25, 0.3) is 0 Å². The standard InChI is InChI=1S/C15H20BrClN2O/c16-11-2-3-12(13(17)8-11)14(19-18)10-4-7-20-15(9-10)5-1-6-15/h2-3,8,10,14,19H,1,4-7,9,18H2. The first-order valence-corrected chi connectivity index (χ1v) is 8.36. The minimum atomic E-state index is 0.0944. The smallest absolute Gasteiger partial charge is 0.0686 e. The Morgan fingerprint density at radius 1 is 1.45 bits per heavy atom. The molecular weight excluding hydrogens is 340 g/mol. The second-order valence-corrected chi connectivity index (χ2v) is 7.27. The summed E-state index contributed by atoms with van der Waals surface area (Å²) in [6.07, 6.45) is 5.77. The molecule has 0 radical (unpaired) electrons. The number of ether oxygens (including phenoxy) is 1. The van der Waals surface area contributed by atoms with Crippen LogP contribution in [0.5, 0.6) is 0 Å². The van der Waals surface area contributed by atoms with Crippen molar-refractivity contribution < 1.29 is 4.74 Å². The average molecular weight is 360 g/mol. The Balaban J connectivity index is 1.81. The molecule has 1 aliphatic carbocycles. The van der Waals surface area contributed by atoms with E-state index in [2.05, 4.69) is 27.4 Å². The van der Waals surface area contributed by atoms with E-state index in [9.17, 15) is 0 Å². The summed E-state index contributed by atoms with van der Waals surface area (Å²) in [6, 6.07) is 6.10. The van der Waals surface area contributed by atoms with Crippen molar-refractivity contribution in [2.45, 2.75) is 43.7 Å². The first-order chi connectivity index (χ1) is 9.63. The lowest BCUT2D eigenvalue weighted by molar-refractivity contribution is -0.147. The van der Waals surface area contributed by atoms with E-state index in [1.165, 1.54) is 19.3 Å². The fraction of sp³-hybridized carbons (Fsp3) is 0.600. The lowest BCUT2D eigenvalue weighted by Gasteiger charge is -2.48. The lowest BCUT2D eigenvalue weighted by Crippen LogP contribution is -2.48. The quantitative estimate of drug-likeness (QED) is 0.634. The van der Waals surface area contributed by atoms with E-state index in [1.807, 2.05) is 12.1 Å². The van der Waals surface area contributed by atoms with E-state index in [-0.39, 0.29) is 11.6 Å². The van der Waals surface area contributed by atoms with Crippen LogP contribution >= 0.6 is 27.5 Å². The van der Waals surface area contributed by atoms with Crippen LogP contribution in [0.2, 0.25) is 5.02 Å². The Bertz CT molecular complexity index is 493. The van der Waals surface area contributed by atoms with E-state index >= 15 is 0 Å². The van der Waals surface area contributed by atoms with Gasteiger partial charge in [-0.3, -0.25) is 11.3 Å². The Labute approximate surface area is 133 Å². The second kappa shape index (κ2) is 5.93.